The van der Waals surface area contributed by atoms with Crippen LogP contribution in [0.2, 0.25) is 10.0 Å². The average molecular weight is 623 g/mol. The highest BCUT2D eigenvalue weighted by molar-refractivity contribution is 7.46. The fourth-order valence-corrected chi connectivity index (χ4v) is 4.29. The number of aromatic nitrogens is 7. The number of hydrogen-bond donors (Lipinski definition) is 3. The molecule has 14 nitrogen and oxygen atoms in total. The van der Waals surface area contributed by atoms with Gasteiger partial charge in [0, 0.05) is 16.8 Å². The third-order valence-corrected chi connectivity index (χ3v) is 6.18. The fourth-order valence-electron chi connectivity index (χ4n) is 3.45. The van der Waals surface area contributed by atoms with E-state index in [1.54, 1.807) is 0 Å². The maximum Gasteiger partial charge on any atom is 0.470 e. The number of pyridine rings is 1. The van der Waals surface area contributed by atoms with E-state index in [0.717, 1.165) is 4.68 Å². The standard InChI is InChI=1S/C20H16Cl2F3N8O6P/c21-11-5-3-10(4-6-11)16-30-32(19(35)31(16)8-13(20(23,24)25)39-40(36,37)38)9-14-28-18(15(26)34)33(29-14)17-12(22)2-1-7-27-17/h1-7,13H,8-9H2,(H2,26,34)(H2,36,37,38)/t13-/m0/s1. The molecule has 1 aromatic carbocycles. The molecule has 40 heavy (non-hydrogen) atoms. The quantitative estimate of drug-likeness (QED) is 0.233. The second-order valence-electron chi connectivity index (χ2n) is 7.94. The first kappa shape index (κ1) is 29.4. The average Bonchev–Trinajstić information content (AvgIpc) is 3.40. The number of rotatable bonds is 9. The van der Waals surface area contributed by atoms with Gasteiger partial charge in [0.25, 0.3) is 5.91 Å². The number of phosphoric ester groups is 1. The van der Waals surface area contributed by atoms with Crippen molar-refractivity contribution in [2.24, 2.45) is 5.73 Å². The van der Waals surface area contributed by atoms with Gasteiger partial charge in [0.1, 0.15) is 6.54 Å². The van der Waals surface area contributed by atoms with Gasteiger partial charge < -0.3 is 15.5 Å². The number of alkyl halides is 3. The highest BCUT2D eigenvalue weighted by Gasteiger charge is 2.45. The van der Waals surface area contributed by atoms with Crippen LogP contribution in [0.3, 0.4) is 0 Å². The van der Waals surface area contributed by atoms with Gasteiger partial charge in [0.15, 0.2) is 23.6 Å². The highest BCUT2D eigenvalue weighted by atomic mass is 35.5. The molecule has 4 rings (SSSR count). The molecule has 4 aromatic rings. The van der Waals surface area contributed by atoms with E-state index in [-0.39, 0.29) is 33.1 Å². The zero-order valence-corrected chi connectivity index (χ0v) is 22.0. The number of nitrogens with zero attached hydrogens (tertiary/aromatic N) is 7. The van der Waals surface area contributed by atoms with Gasteiger partial charge in [0.05, 0.1) is 11.6 Å². The molecule has 1 amide bonds. The summed E-state index contributed by atoms with van der Waals surface area (Å²) in [4.78, 5) is 51.2. The lowest BCUT2D eigenvalue weighted by Crippen LogP contribution is -2.38. The van der Waals surface area contributed by atoms with Crippen molar-refractivity contribution in [1.82, 2.24) is 34.1 Å². The van der Waals surface area contributed by atoms with Crippen LogP contribution in [0.4, 0.5) is 13.2 Å². The van der Waals surface area contributed by atoms with Crippen molar-refractivity contribution in [3.63, 3.8) is 0 Å². The maximum atomic E-state index is 13.6. The third-order valence-electron chi connectivity index (χ3n) is 5.11. The molecule has 0 spiro atoms. The van der Waals surface area contributed by atoms with E-state index < -0.39 is 50.6 Å². The molecular formula is C20H16Cl2F3N8O6P. The van der Waals surface area contributed by atoms with Crippen LogP contribution >= 0.6 is 31.0 Å². The van der Waals surface area contributed by atoms with Crippen molar-refractivity contribution in [1.29, 1.82) is 0 Å². The lowest BCUT2D eigenvalue weighted by molar-refractivity contribution is -0.202. The van der Waals surface area contributed by atoms with Crippen LogP contribution in [0.5, 0.6) is 0 Å². The second-order valence-corrected chi connectivity index (χ2v) is 9.98. The number of phosphoric acid groups is 1. The van der Waals surface area contributed by atoms with Crippen molar-refractivity contribution < 1.29 is 36.8 Å². The molecular weight excluding hydrogens is 607 g/mol. The summed E-state index contributed by atoms with van der Waals surface area (Å²) < 4.78 is 58.1. The number of hydrogen-bond acceptors (Lipinski definition) is 8. The summed E-state index contributed by atoms with van der Waals surface area (Å²) in [5.41, 5.74) is 4.37. The molecule has 0 aliphatic carbocycles. The third kappa shape index (κ3) is 6.57. The Morgan fingerprint density at radius 3 is 2.40 bits per heavy atom. The fraction of sp³-hybridized carbons (Fsp3) is 0.200. The van der Waals surface area contributed by atoms with Crippen LogP contribution in [0, 0.1) is 0 Å². The number of carbonyl (C=O) groups is 1. The molecule has 0 saturated carbocycles. The number of primary amides is 1. The van der Waals surface area contributed by atoms with Crippen LogP contribution in [-0.4, -0.2) is 62.1 Å². The summed E-state index contributed by atoms with van der Waals surface area (Å²) in [5.74, 6) is -1.99. The van der Waals surface area contributed by atoms with E-state index in [2.05, 4.69) is 24.7 Å². The summed E-state index contributed by atoms with van der Waals surface area (Å²) in [6.45, 7) is -1.94. The van der Waals surface area contributed by atoms with Gasteiger partial charge in [0.2, 0.25) is 5.82 Å². The summed E-state index contributed by atoms with van der Waals surface area (Å²) in [6.07, 6.45) is -7.01. The van der Waals surface area contributed by atoms with Crippen LogP contribution in [0.1, 0.15) is 16.4 Å². The molecule has 0 fully saturated rings. The minimum Gasteiger partial charge on any atom is -0.363 e. The molecule has 3 aromatic heterocycles. The van der Waals surface area contributed by atoms with Crippen molar-refractivity contribution in [3.05, 3.63) is 74.8 Å². The Bertz CT molecular complexity index is 1670. The predicted molar refractivity (Wildman–Crippen MR) is 132 cm³/mol. The molecule has 0 aliphatic rings. The lowest BCUT2D eigenvalue weighted by atomic mass is 10.2. The number of amides is 1. The summed E-state index contributed by atoms with van der Waals surface area (Å²) in [7, 11) is -5.62. The van der Waals surface area contributed by atoms with E-state index in [1.165, 1.54) is 42.6 Å². The summed E-state index contributed by atoms with van der Waals surface area (Å²) in [6, 6.07) is 8.46. The molecule has 0 unspecified atom stereocenters. The second kappa shape index (κ2) is 11.1. The van der Waals surface area contributed by atoms with Gasteiger partial charge >= 0.3 is 19.7 Å². The van der Waals surface area contributed by atoms with E-state index >= 15 is 0 Å². The van der Waals surface area contributed by atoms with Gasteiger partial charge in [-0.25, -0.2) is 24.0 Å². The van der Waals surface area contributed by atoms with Gasteiger partial charge in [-0.3, -0.25) is 13.9 Å². The molecule has 0 bridgehead atoms. The van der Waals surface area contributed by atoms with Crippen LogP contribution in [-0.2, 0) is 22.2 Å². The molecule has 1 atom stereocenters. The van der Waals surface area contributed by atoms with Crippen molar-refractivity contribution >= 4 is 36.9 Å². The monoisotopic (exact) mass is 622 g/mol. The number of nitrogens with two attached hydrogens (primary N) is 1. The first-order chi connectivity index (χ1) is 18.6. The Morgan fingerprint density at radius 2 is 1.82 bits per heavy atom. The first-order valence-electron chi connectivity index (χ1n) is 10.7. The smallest absolute Gasteiger partial charge is 0.363 e. The maximum absolute atomic E-state index is 13.6. The Morgan fingerprint density at radius 1 is 1.15 bits per heavy atom. The topological polar surface area (TPSA) is 193 Å². The highest BCUT2D eigenvalue weighted by Crippen LogP contribution is 2.42. The molecule has 4 N–H and O–H groups in total. The Kier molecular flexibility index (Phi) is 8.16. The van der Waals surface area contributed by atoms with E-state index in [4.69, 9.17) is 38.7 Å². The molecule has 0 radical (unpaired) electrons. The lowest BCUT2D eigenvalue weighted by Gasteiger charge is -2.21. The molecule has 3 heterocycles. The van der Waals surface area contributed by atoms with E-state index in [0.29, 0.717) is 9.25 Å². The van der Waals surface area contributed by atoms with Gasteiger partial charge in [-0.15, -0.1) is 10.2 Å². The Hall–Kier alpha value is -3.60. The van der Waals surface area contributed by atoms with Crippen LogP contribution < -0.4 is 11.4 Å². The number of carbonyl (C=O) groups excluding carboxylic acids is 1. The SMILES string of the molecule is NC(=O)c1nc(Cn2nc(-c3ccc(Cl)cc3)n(C[C@H](OP(=O)(O)O)C(F)(F)F)c2=O)nn1-c1ncccc1Cl. The molecule has 0 saturated heterocycles. The summed E-state index contributed by atoms with van der Waals surface area (Å²) in [5, 5.41) is 8.52. The molecule has 20 heteroatoms. The minimum absolute atomic E-state index is 0.0148. The predicted octanol–water partition coefficient (Wildman–Crippen LogP) is 2.18. The molecule has 0 aliphatic heterocycles. The number of benzene rings is 1. The van der Waals surface area contributed by atoms with E-state index in [1.807, 2.05) is 0 Å². The Balaban J connectivity index is 1.81. The van der Waals surface area contributed by atoms with Crippen LogP contribution in [0.15, 0.2) is 47.4 Å². The number of halogens is 5. The normalized spacial score (nSPS) is 13.0. The first-order valence-corrected chi connectivity index (χ1v) is 13.0. The van der Waals surface area contributed by atoms with Crippen molar-refractivity contribution in [2.45, 2.75) is 25.4 Å². The van der Waals surface area contributed by atoms with Gasteiger partial charge in [-0.1, -0.05) is 23.2 Å². The molecule has 212 valence electrons. The zero-order valence-electron chi connectivity index (χ0n) is 19.6. The largest absolute Gasteiger partial charge is 0.470 e. The zero-order chi connectivity index (χ0) is 29.4. The Labute approximate surface area is 231 Å². The van der Waals surface area contributed by atoms with Crippen LogP contribution in [0.25, 0.3) is 17.2 Å². The van der Waals surface area contributed by atoms with Crippen molar-refractivity contribution in [3.8, 4) is 17.2 Å². The van der Waals surface area contributed by atoms with Gasteiger partial charge in [-0.05, 0) is 36.4 Å². The van der Waals surface area contributed by atoms with Crippen molar-refractivity contribution in [2.75, 3.05) is 0 Å². The minimum atomic E-state index is -5.62. The van der Waals surface area contributed by atoms with Gasteiger partial charge in [-0.2, -0.15) is 17.9 Å². The summed E-state index contributed by atoms with van der Waals surface area (Å²) >= 11 is 12.0. The van der Waals surface area contributed by atoms with E-state index in [9.17, 15) is 27.3 Å².